The van der Waals surface area contributed by atoms with E-state index in [1.54, 1.807) is 30.3 Å². The van der Waals surface area contributed by atoms with Gasteiger partial charge in [0.2, 0.25) is 0 Å². The molecule has 1 saturated heterocycles. The van der Waals surface area contributed by atoms with Gasteiger partial charge in [-0.2, -0.15) is 13.2 Å². The van der Waals surface area contributed by atoms with Crippen LogP contribution in [0.4, 0.5) is 23.2 Å². The second-order valence-electron chi connectivity index (χ2n) is 7.62. The molecule has 3 atom stereocenters. The zero-order valence-corrected chi connectivity index (χ0v) is 17.5. The molecule has 2 amide bonds. The molecule has 0 radical (unpaired) electrons. The molecule has 2 aliphatic heterocycles. The van der Waals surface area contributed by atoms with E-state index in [-0.39, 0.29) is 17.1 Å². The van der Waals surface area contributed by atoms with E-state index in [4.69, 9.17) is 4.74 Å². The number of ether oxygens (including phenoxy) is 1. The van der Waals surface area contributed by atoms with Crippen molar-refractivity contribution in [3.05, 3.63) is 71.2 Å². The molecule has 0 aromatic heterocycles. The number of allylic oxidation sites excluding steroid dienone is 1. The number of para-hydroxylation sites is 1. The number of methoxy groups -OCH3 is 1. The van der Waals surface area contributed by atoms with E-state index in [1.165, 1.54) is 26.2 Å². The molecule has 3 N–H and O–H groups in total. The molecule has 2 aromatic carbocycles. The van der Waals surface area contributed by atoms with Crippen LogP contribution in [0.15, 0.2) is 59.8 Å². The van der Waals surface area contributed by atoms with E-state index < -0.39 is 47.5 Å². The molecule has 11 heteroatoms. The summed E-state index contributed by atoms with van der Waals surface area (Å²) in [6, 6.07) is 9.81. The monoisotopic (exact) mass is 464 g/mol. The van der Waals surface area contributed by atoms with Gasteiger partial charge in [-0.1, -0.05) is 36.4 Å². The van der Waals surface area contributed by atoms with Gasteiger partial charge in [0.05, 0.1) is 18.7 Å². The van der Waals surface area contributed by atoms with Gasteiger partial charge in [0.25, 0.3) is 11.8 Å². The average molecular weight is 464 g/mol. The van der Waals surface area contributed by atoms with Crippen LogP contribution in [0, 0.1) is 5.82 Å². The van der Waals surface area contributed by atoms with Gasteiger partial charge in [0.15, 0.2) is 11.6 Å². The predicted octanol–water partition coefficient (Wildman–Crippen LogP) is 3.04. The smallest absolute Gasteiger partial charge is 0.406 e. The molecule has 0 bridgehead atoms. The number of carbonyl (C=O) groups excluding carboxylic acids is 2. The van der Waals surface area contributed by atoms with Crippen molar-refractivity contribution in [3.63, 3.8) is 0 Å². The first-order valence-electron chi connectivity index (χ1n) is 9.96. The van der Waals surface area contributed by atoms with Gasteiger partial charge in [-0.25, -0.2) is 14.8 Å². The molecule has 0 aliphatic carbocycles. The molecule has 2 heterocycles. The zero-order valence-electron chi connectivity index (χ0n) is 17.5. The van der Waals surface area contributed by atoms with Crippen LogP contribution in [0.3, 0.4) is 0 Å². The zero-order chi connectivity index (χ0) is 23.9. The Bertz CT molecular complexity index is 1120. The molecule has 1 fully saturated rings. The third-order valence-electron chi connectivity index (χ3n) is 5.61. The van der Waals surface area contributed by atoms with Crippen LogP contribution in [-0.4, -0.2) is 42.3 Å². The van der Waals surface area contributed by atoms with E-state index >= 15 is 0 Å². The Hall–Kier alpha value is -3.60. The van der Waals surface area contributed by atoms with Crippen LogP contribution < -0.4 is 20.8 Å². The normalized spacial score (nSPS) is 22.7. The second-order valence-corrected chi connectivity index (χ2v) is 7.62. The molecular weight excluding hydrogens is 444 g/mol. The molecule has 0 spiro atoms. The highest BCUT2D eigenvalue weighted by atomic mass is 19.4. The number of halogens is 4. The highest BCUT2D eigenvalue weighted by molar-refractivity contribution is 6.23. The van der Waals surface area contributed by atoms with Crippen molar-refractivity contribution in [2.24, 2.45) is 0 Å². The minimum absolute atomic E-state index is 0.0255. The summed E-state index contributed by atoms with van der Waals surface area (Å²) in [5.74, 6) is -3.97. The summed E-state index contributed by atoms with van der Waals surface area (Å²) in [6.07, 6.45) is -5.74. The molecule has 33 heavy (non-hydrogen) atoms. The molecule has 174 valence electrons. The van der Waals surface area contributed by atoms with Gasteiger partial charge in [-0.05, 0) is 24.6 Å². The molecule has 0 saturated carbocycles. The van der Waals surface area contributed by atoms with E-state index in [0.29, 0.717) is 5.56 Å². The van der Waals surface area contributed by atoms with Crippen LogP contribution in [0.25, 0.3) is 0 Å². The molecule has 7 nitrogen and oxygen atoms in total. The maximum atomic E-state index is 13.9. The Balaban J connectivity index is 1.67. The first kappa shape index (κ1) is 22.6. The maximum absolute atomic E-state index is 13.9. The summed E-state index contributed by atoms with van der Waals surface area (Å²) in [6.45, 7) is 1.43. The van der Waals surface area contributed by atoms with Gasteiger partial charge in [0, 0.05) is 5.70 Å². The lowest BCUT2D eigenvalue weighted by Gasteiger charge is -2.34. The maximum Gasteiger partial charge on any atom is 0.406 e. The number of nitrogens with zero attached hydrogens (tertiary/aromatic N) is 1. The Morgan fingerprint density at radius 1 is 1.12 bits per heavy atom. The number of alkyl halides is 3. The Kier molecular flexibility index (Phi) is 5.75. The van der Waals surface area contributed by atoms with Crippen molar-refractivity contribution in [2.75, 3.05) is 12.4 Å². The number of benzene rings is 2. The first-order valence-corrected chi connectivity index (χ1v) is 9.96. The summed E-state index contributed by atoms with van der Waals surface area (Å²) in [5, 5.41) is 6.06. The average Bonchev–Trinajstić information content (AvgIpc) is 3.15. The Morgan fingerprint density at radius 2 is 1.82 bits per heavy atom. The number of hydrazine groups is 1. The van der Waals surface area contributed by atoms with Gasteiger partial charge in [-0.15, -0.1) is 0 Å². The van der Waals surface area contributed by atoms with Gasteiger partial charge < -0.3 is 15.4 Å². The highest BCUT2D eigenvalue weighted by Gasteiger charge is 2.58. The fraction of sp³-hybridized carbons (Fsp3) is 0.273. The van der Waals surface area contributed by atoms with E-state index in [0.717, 1.165) is 11.1 Å². The van der Waals surface area contributed by atoms with Crippen molar-refractivity contribution in [1.29, 1.82) is 0 Å². The molecule has 2 aromatic rings. The van der Waals surface area contributed by atoms with E-state index in [2.05, 4.69) is 16.1 Å². The number of anilines is 1. The summed E-state index contributed by atoms with van der Waals surface area (Å²) >= 11 is 0. The van der Waals surface area contributed by atoms with Crippen LogP contribution >= 0.6 is 0 Å². The van der Waals surface area contributed by atoms with Crippen molar-refractivity contribution >= 4 is 17.5 Å². The number of hydrogen-bond donors (Lipinski definition) is 3. The van der Waals surface area contributed by atoms with Crippen molar-refractivity contribution < 1.29 is 31.9 Å². The third kappa shape index (κ3) is 3.99. The number of carbonyl (C=O) groups is 2. The summed E-state index contributed by atoms with van der Waals surface area (Å²) < 4.78 is 60.5. The number of rotatable bonds is 4. The molecular formula is C22H20F4N4O3. The SMILES string of the molecule is COc1c(F)cccc1NC(=O)C1=C(C)NC2C(c3ccccc3)C(C(F)(F)F)NN2C1=O. The minimum atomic E-state index is -4.66. The van der Waals surface area contributed by atoms with Gasteiger partial charge in [0.1, 0.15) is 17.8 Å². The van der Waals surface area contributed by atoms with Gasteiger partial charge in [-0.3, -0.25) is 9.59 Å². The van der Waals surface area contributed by atoms with Crippen molar-refractivity contribution in [1.82, 2.24) is 15.8 Å². The molecule has 4 rings (SSSR count). The van der Waals surface area contributed by atoms with Crippen LogP contribution in [0.2, 0.25) is 0 Å². The van der Waals surface area contributed by atoms with Crippen molar-refractivity contribution in [2.45, 2.75) is 31.2 Å². The largest absolute Gasteiger partial charge is 0.492 e. The van der Waals surface area contributed by atoms with Crippen LogP contribution in [-0.2, 0) is 9.59 Å². The Morgan fingerprint density at radius 3 is 2.45 bits per heavy atom. The predicted molar refractivity (Wildman–Crippen MR) is 110 cm³/mol. The standard InChI is InChI=1S/C22H20F4N4O3/c1-11-15(20(31)28-14-10-6-9-13(23)17(14)33-2)21(32)30-19(27-11)16(12-7-4-3-5-8-12)18(29-30)22(24,25)26/h3-10,16,18-19,27,29H,1-2H3,(H,28,31). The first-order chi connectivity index (χ1) is 15.6. The summed E-state index contributed by atoms with van der Waals surface area (Å²) in [4.78, 5) is 26.1. The van der Waals surface area contributed by atoms with Crippen LogP contribution in [0.5, 0.6) is 5.75 Å². The highest BCUT2D eigenvalue weighted by Crippen LogP contribution is 2.41. The number of hydrogen-bond acceptors (Lipinski definition) is 5. The van der Waals surface area contributed by atoms with Gasteiger partial charge >= 0.3 is 6.18 Å². The fourth-order valence-electron chi connectivity index (χ4n) is 4.16. The topological polar surface area (TPSA) is 82.7 Å². The minimum Gasteiger partial charge on any atom is -0.492 e. The van der Waals surface area contributed by atoms with E-state index in [9.17, 15) is 27.2 Å². The van der Waals surface area contributed by atoms with Crippen LogP contribution in [0.1, 0.15) is 18.4 Å². The lowest BCUT2D eigenvalue weighted by atomic mass is 9.89. The third-order valence-corrected chi connectivity index (χ3v) is 5.61. The van der Waals surface area contributed by atoms with E-state index in [1.807, 2.05) is 0 Å². The fourth-order valence-corrected chi connectivity index (χ4v) is 4.16. The second kappa shape index (κ2) is 8.39. The summed E-state index contributed by atoms with van der Waals surface area (Å²) in [7, 11) is 1.21. The lowest BCUT2D eigenvalue weighted by Crippen LogP contribution is -2.56. The Labute approximate surface area is 186 Å². The number of amides is 2. The van der Waals surface area contributed by atoms with Crippen molar-refractivity contribution in [3.8, 4) is 5.75 Å². The quantitative estimate of drug-likeness (QED) is 0.479. The number of nitrogens with one attached hydrogen (secondary N) is 3. The molecule has 2 aliphatic rings. The summed E-state index contributed by atoms with van der Waals surface area (Å²) in [5.41, 5.74) is 2.28. The number of fused-ring (bicyclic) bond motifs is 1. The molecule has 3 unspecified atom stereocenters. The lowest BCUT2D eigenvalue weighted by molar-refractivity contribution is -0.161.